The Morgan fingerprint density at radius 1 is 1.60 bits per heavy atom. The van der Waals surface area contributed by atoms with Crippen LogP contribution in [0.1, 0.15) is 22.9 Å². The third-order valence-electron chi connectivity index (χ3n) is 3.26. The zero-order valence-corrected chi connectivity index (χ0v) is 10.7. The SMILES string of the molecule is COCc1[nH]nc2c1C(c1ccco1)C(C#N)C(=N)O2. The summed E-state index contributed by atoms with van der Waals surface area (Å²) >= 11 is 0. The Kier molecular flexibility index (Phi) is 3.00. The molecule has 0 bridgehead atoms. The van der Waals surface area contributed by atoms with E-state index in [-0.39, 0.29) is 5.90 Å². The molecule has 2 N–H and O–H groups in total. The number of ether oxygens (including phenoxy) is 2. The summed E-state index contributed by atoms with van der Waals surface area (Å²) in [5, 5.41) is 24.1. The van der Waals surface area contributed by atoms with Crippen molar-refractivity contribution in [2.24, 2.45) is 5.92 Å². The number of aromatic amines is 1. The van der Waals surface area contributed by atoms with Crippen LogP contribution in [0.2, 0.25) is 0 Å². The lowest BCUT2D eigenvalue weighted by Crippen LogP contribution is -2.31. The van der Waals surface area contributed by atoms with Gasteiger partial charge < -0.3 is 13.9 Å². The highest BCUT2D eigenvalue weighted by atomic mass is 16.5. The average Bonchev–Trinajstić information content (AvgIpc) is 3.08. The van der Waals surface area contributed by atoms with Gasteiger partial charge in [0.15, 0.2) is 0 Å². The molecule has 0 fully saturated rings. The first-order valence-corrected chi connectivity index (χ1v) is 6.01. The highest BCUT2D eigenvalue weighted by Gasteiger charge is 2.41. The predicted octanol–water partition coefficient (Wildman–Crippen LogP) is 1.79. The van der Waals surface area contributed by atoms with E-state index in [4.69, 9.17) is 19.3 Å². The Hall–Kier alpha value is -2.59. The van der Waals surface area contributed by atoms with Crippen LogP contribution in [0.4, 0.5) is 0 Å². The van der Waals surface area contributed by atoms with Crippen LogP contribution in [0.25, 0.3) is 0 Å². The average molecular weight is 272 g/mol. The molecule has 0 aliphatic carbocycles. The van der Waals surface area contributed by atoms with Crippen LogP contribution in [0, 0.1) is 22.7 Å². The largest absolute Gasteiger partial charge is 0.469 e. The van der Waals surface area contributed by atoms with Gasteiger partial charge >= 0.3 is 0 Å². The third kappa shape index (κ3) is 1.78. The minimum absolute atomic E-state index is 0.128. The molecule has 0 radical (unpaired) electrons. The van der Waals surface area contributed by atoms with Gasteiger partial charge in [0.05, 0.1) is 36.1 Å². The fourth-order valence-electron chi connectivity index (χ4n) is 2.41. The molecule has 3 heterocycles. The molecular weight excluding hydrogens is 260 g/mol. The Balaban J connectivity index is 2.16. The number of nitriles is 1. The van der Waals surface area contributed by atoms with Gasteiger partial charge in [-0.1, -0.05) is 0 Å². The Labute approximate surface area is 114 Å². The standard InChI is InChI=1S/C13H12N4O3/c1-18-6-8-11-10(9-3-2-4-19-9)7(5-14)12(15)20-13(11)17-16-8/h2-4,7,10,15H,6H2,1H3,(H,16,17). The fraction of sp³-hybridized carbons (Fsp3) is 0.308. The van der Waals surface area contributed by atoms with E-state index in [1.165, 1.54) is 0 Å². The van der Waals surface area contributed by atoms with Gasteiger partial charge in [0.25, 0.3) is 0 Å². The van der Waals surface area contributed by atoms with E-state index in [9.17, 15) is 5.26 Å². The van der Waals surface area contributed by atoms with E-state index in [2.05, 4.69) is 16.3 Å². The number of hydrogen-bond acceptors (Lipinski definition) is 6. The molecular formula is C13H12N4O3. The van der Waals surface area contributed by atoms with E-state index in [0.717, 1.165) is 5.69 Å². The molecule has 7 heteroatoms. The van der Waals surface area contributed by atoms with E-state index in [0.29, 0.717) is 23.8 Å². The summed E-state index contributed by atoms with van der Waals surface area (Å²) < 4.78 is 15.9. The molecule has 0 spiro atoms. The van der Waals surface area contributed by atoms with Gasteiger partial charge in [0.1, 0.15) is 11.7 Å². The van der Waals surface area contributed by atoms with Crippen molar-refractivity contribution >= 4 is 5.90 Å². The van der Waals surface area contributed by atoms with Crippen molar-refractivity contribution in [2.75, 3.05) is 7.11 Å². The molecule has 1 aliphatic heterocycles. The number of nitrogens with zero attached hydrogens (tertiary/aromatic N) is 2. The number of methoxy groups -OCH3 is 1. The van der Waals surface area contributed by atoms with Crippen molar-refractivity contribution in [3.05, 3.63) is 35.4 Å². The highest BCUT2D eigenvalue weighted by molar-refractivity contribution is 5.84. The van der Waals surface area contributed by atoms with Gasteiger partial charge in [-0.2, -0.15) is 5.26 Å². The van der Waals surface area contributed by atoms with Gasteiger partial charge in [-0.15, -0.1) is 5.10 Å². The van der Waals surface area contributed by atoms with E-state index in [1.54, 1.807) is 25.5 Å². The number of hydrogen-bond donors (Lipinski definition) is 2. The Bertz CT molecular complexity index is 668. The lowest BCUT2D eigenvalue weighted by atomic mass is 9.83. The predicted molar refractivity (Wildman–Crippen MR) is 67.3 cm³/mol. The molecule has 102 valence electrons. The summed E-state index contributed by atoms with van der Waals surface area (Å²) in [6.07, 6.45) is 1.54. The maximum Gasteiger partial charge on any atom is 0.243 e. The first-order chi connectivity index (χ1) is 9.76. The summed E-state index contributed by atoms with van der Waals surface area (Å²) in [6.45, 7) is 0.314. The molecule has 2 aromatic rings. The molecule has 0 saturated heterocycles. The number of aromatic nitrogens is 2. The van der Waals surface area contributed by atoms with Crippen LogP contribution in [-0.2, 0) is 11.3 Å². The van der Waals surface area contributed by atoms with Crippen molar-refractivity contribution in [1.82, 2.24) is 10.2 Å². The number of fused-ring (bicyclic) bond motifs is 1. The number of H-pyrrole nitrogens is 1. The van der Waals surface area contributed by atoms with Crippen LogP contribution in [-0.4, -0.2) is 23.2 Å². The Morgan fingerprint density at radius 3 is 3.10 bits per heavy atom. The number of furan rings is 1. The summed E-state index contributed by atoms with van der Waals surface area (Å²) in [5.41, 5.74) is 1.43. The molecule has 20 heavy (non-hydrogen) atoms. The molecule has 3 rings (SSSR count). The van der Waals surface area contributed by atoms with Crippen molar-refractivity contribution in [3.8, 4) is 11.9 Å². The minimum atomic E-state index is -0.748. The summed E-state index contributed by atoms with van der Waals surface area (Å²) in [4.78, 5) is 0. The van der Waals surface area contributed by atoms with Gasteiger partial charge in [0, 0.05) is 7.11 Å². The highest BCUT2D eigenvalue weighted by Crippen LogP contribution is 2.42. The second-order valence-electron chi connectivity index (χ2n) is 4.42. The Morgan fingerprint density at radius 2 is 2.45 bits per heavy atom. The van der Waals surface area contributed by atoms with Gasteiger partial charge in [-0.25, -0.2) is 0 Å². The van der Waals surface area contributed by atoms with Crippen molar-refractivity contribution in [3.63, 3.8) is 0 Å². The van der Waals surface area contributed by atoms with Crippen molar-refractivity contribution in [1.29, 1.82) is 10.7 Å². The fourth-order valence-corrected chi connectivity index (χ4v) is 2.41. The second kappa shape index (κ2) is 4.83. The third-order valence-corrected chi connectivity index (χ3v) is 3.26. The smallest absolute Gasteiger partial charge is 0.243 e. The van der Waals surface area contributed by atoms with E-state index >= 15 is 0 Å². The molecule has 0 aromatic carbocycles. The van der Waals surface area contributed by atoms with E-state index < -0.39 is 11.8 Å². The lowest BCUT2D eigenvalue weighted by molar-refractivity contribution is 0.180. The normalized spacial score (nSPS) is 21.1. The first kappa shape index (κ1) is 12.4. The molecule has 0 amide bonds. The van der Waals surface area contributed by atoms with Crippen LogP contribution in [0.3, 0.4) is 0 Å². The first-order valence-electron chi connectivity index (χ1n) is 6.01. The van der Waals surface area contributed by atoms with Crippen LogP contribution >= 0.6 is 0 Å². The summed E-state index contributed by atoms with van der Waals surface area (Å²) in [5.74, 6) is -0.395. The molecule has 7 nitrogen and oxygen atoms in total. The van der Waals surface area contributed by atoms with E-state index in [1.807, 2.05) is 0 Å². The topological polar surface area (TPSA) is 108 Å². The quantitative estimate of drug-likeness (QED) is 0.885. The van der Waals surface area contributed by atoms with Crippen LogP contribution in [0.5, 0.6) is 5.88 Å². The van der Waals surface area contributed by atoms with Gasteiger partial charge in [-0.05, 0) is 12.1 Å². The number of rotatable bonds is 3. The van der Waals surface area contributed by atoms with Crippen molar-refractivity contribution in [2.45, 2.75) is 12.5 Å². The number of nitrogens with one attached hydrogen (secondary N) is 2. The molecule has 1 aliphatic rings. The molecule has 2 unspecified atom stereocenters. The zero-order chi connectivity index (χ0) is 14.1. The maximum atomic E-state index is 9.34. The summed E-state index contributed by atoms with van der Waals surface area (Å²) in [6, 6.07) is 5.63. The second-order valence-corrected chi connectivity index (χ2v) is 4.42. The lowest BCUT2D eigenvalue weighted by Gasteiger charge is -2.26. The van der Waals surface area contributed by atoms with Gasteiger partial charge in [-0.3, -0.25) is 10.5 Å². The summed E-state index contributed by atoms with van der Waals surface area (Å²) in [7, 11) is 1.57. The van der Waals surface area contributed by atoms with Crippen molar-refractivity contribution < 1.29 is 13.9 Å². The maximum absolute atomic E-state index is 9.34. The monoisotopic (exact) mass is 272 g/mol. The zero-order valence-electron chi connectivity index (χ0n) is 10.7. The molecule has 2 atom stereocenters. The minimum Gasteiger partial charge on any atom is -0.469 e. The van der Waals surface area contributed by atoms with Crippen LogP contribution in [0.15, 0.2) is 22.8 Å². The molecule has 0 saturated carbocycles. The molecule has 2 aromatic heterocycles. The van der Waals surface area contributed by atoms with Crippen LogP contribution < -0.4 is 4.74 Å². The van der Waals surface area contributed by atoms with Gasteiger partial charge in [0.2, 0.25) is 11.8 Å².